The molecule has 0 bridgehead atoms. The topological polar surface area (TPSA) is 30.5 Å². The third kappa shape index (κ3) is 5.09. The first-order valence-electron chi connectivity index (χ1n) is 6.94. The van der Waals surface area contributed by atoms with Crippen molar-refractivity contribution >= 4 is 0 Å². The number of ether oxygens (including phenoxy) is 2. The van der Waals surface area contributed by atoms with Gasteiger partial charge in [0.15, 0.2) is 0 Å². The largest absolute Gasteiger partial charge is 0.383 e. The van der Waals surface area contributed by atoms with Gasteiger partial charge in [-0.05, 0) is 47.1 Å². The van der Waals surface area contributed by atoms with Gasteiger partial charge < -0.3 is 14.8 Å². The predicted molar refractivity (Wildman–Crippen MR) is 75.9 cm³/mol. The molecule has 3 nitrogen and oxygen atoms in total. The summed E-state index contributed by atoms with van der Waals surface area (Å²) in [5.74, 6) is 0.520. The molecule has 18 heavy (non-hydrogen) atoms. The maximum atomic E-state index is 6.08. The zero-order chi connectivity index (χ0) is 13.6. The van der Waals surface area contributed by atoms with Crippen LogP contribution in [0.1, 0.15) is 40.5 Å². The first kappa shape index (κ1) is 15.7. The zero-order valence-corrected chi connectivity index (χ0v) is 12.6. The Labute approximate surface area is 112 Å². The van der Waals surface area contributed by atoms with Crippen LogP contribution in [0.5, 0.6) is 0 Å². The SMILES string of the molecule is COCCNCC/C=C/C1CC(C)(C)OC1(C)C. The Morgan fingerprint density at radius 3 is 2.56 bits per heavy atom. The number of nitrogens with one attached hydrogen (secondary N) is 1. The fourth-order valence-electron chi connectivity index (χ4n) is 2.65. The molecule has 0 aliphatic carbocycles. The summed E-state index contributed by atoms with van der Waals surface area (Å²) in [7, 11) is 1.73. The molecule has 1 rings (SSSR count). The molecule has 1 aliphatic heterocycles. The lowest BCUT2D eigenvalue weighted by atomic mass is 9.87. The molecule has 1 aliphatic rings. The smallest absolute Gasteiger partial charge is 0.0697 e. The summed E-state index contributed by atoms with van der Waals surface area (Å²) in [5, 5.41) is 3.34. The molecule has 0 saturated carbocycles. The summed E-state index contributed by atoms with van der Waals surface area (Å²) in [6.45, 7) is 11.4. The van der Waals surface area contributed by atoms with Crippen molar-refractivity contribution in [3.63, 3.8) is 0 Å². The summed E-state index contributed by atoms with van der Waals surface area (Å²) in [6, 6.07) is 0. The van der Waals surface area contributed by atoms with Crippen LogP contribution in [0.3, 0.4) is 0 Å². The Balaban J connectivity index is 2.25. The molecule has 1 unspecified atom stereocenters. The molecular formula is C15H29NO2. The van der Waals surface area contributed by atoms with E-state index in [1.54, 1.807) is 7.11 Å². The van der Waals surface area contributed by atoms with Crippen molar-refractivity contribution in [1.29, 1.82) is 0 Å². The summed E-state index contributed by atoms with van der Waals surface area (Å²) in [5.41, 5.74) is -0.0291. The van der Waals surface area contributed by atoms with Crippen molar-refractivity contribution in [2.75, 3.05) is 26.8 Å². The van der Waals surface area contributed by atoms with Gasteiger partial charge in [0.2, 0.25) is 0 Å². The van der Waals surface area contributed by atoms with Gasteiger partial charge in [-0.15, -0.1) is 0 Å². The molecule has 1 atom stereocenters. The second-order valence-corrected chi connectivity index (χ2v) is 6.24. The minimum atomic E-state index is -0.0382. The van der Waals surface area contributed by atoms with Crippen LogP contribution in [0.15, 0.2) is 12.2 Å². The lowest BCUT2D eigenvalue weighted by Gasteiger charge is -2.26. The Bertz CT molecular complexity index is 272. The van der Waals surface area contributed by atoms with E-state index >= 15 is 0 Å². The Hall–Kier alpha value is -0.380. The van der Waals surface area contributed by atoms with E-state index < -0.39 is 0 Å². The van der Waals surface area contributed by atoms with Crippen LogP contribution in [0.4, 0.5) is 0 Å². The van der Waals surface area contributed by atoms with E-state index in [0.29, 0.717) is 5.92 Å². The first-order chi connectivity index (χ1) is 8.37. The second-order valence-electron chi connectivity index (χ2n) is 6.24. The highest BCUT2D eigenvalue weighted by molar-refractivity contribution is 5.04. The van der Waals surface area contributed by atoms with E-state index in [1.165, 1.54) is 0 Å². The van der Waals surface area contributed by atoms with E-state index in [0.717, 1.165) is 32.5 Å². The highest BCUT2D eigenvalue weighted by Gasteiger charge is 2.44. The van der Waals surface area contributed by atoms with Gasteiger partial charge in [-0.25, -0.2) is 0 Å². The van der Waals surface area contributed by atoms with Crippen molar-refractivity contribution in [2.45, 2.75) is 51.7 Å². The van der Waals surface area contributed by atoms with Gasteiger partial charge in [-0.3, -0.25) is 0 Å². The second kappa shape index (κ2) is 6.69. The van der Waals surface area contributed by atoms with Crippen LogP contribution in [-0.2, 0) is 9.47 Å². The fourth-order valence-corrected chi connectivity index (χ4v) is 2.65. The minimum Gasteiger partial charge on any atom is -0.383 e. The summed E-state index contributed by atoms with van der Waals surface area (Å²) < 4.78 is 11.1. The molecule has 0 amide bonds. The molecule has 1 fully saturated rings. The lowest BCUT2D eigenvalue weighted by Crippen LogP contribution is -2.28. The molecule has 1 N–H and O–H groups in total. The standard InChI is InChI=1S/C15H29NO2/c1-14(2)12-13(15(3,4)18-14)8-6-7-9-16-10-11-17-5/h6,8,13,16H,7,9-12H2,1-5H3/b8-6+. The van der Waals surface area contributed by atoms with E-state index in [2.05, 4.69) is 45.2 Å². The van der Waals surface area contributed by atoms with Gasteiger partial charge in [-0.2, -0.15) is 0 Å². The molecule has 3 heteroatoms. The molecule has 1 heterocycles. The predicted octanol–water partition coefficient (Wildman–Crippen LogP) is 2.76. The number of hydrogen-bond acceptors (Lipinski definition) is 3. The van der Waals surface area contributed by atoms with E-state index in [1.807, 2.05) is 0 Å². The molecule has 0 spiro atoms. The molecule has 106 valence electrons. The van der Waals surface area contributed by atoms with Crippen LogP contribution in [0.25, 0.3) is 0 Å². The Morgan fingerprint density at radius 2 is 2.00 bits per heavy atom. The Morgan fingerprint density at radius 1 is 1.28 bits per heavy atom. The Kier molecular flexibility index (Phi) is 5.83. The zero-order valence-electron chi connectivity index (χ0n) is 12.6. The number of rotatable bonds is 7. The third-order valence-electron chi connectivity index (χ3n) is 3.48. The van der Waals surface area contributed by atoms with Gasteiger partial charge in [0, 0.05) is 19.6 Å². The van der Waals surface area contributed by atoms with Crippen LogP contribution >= 0.6 is 0 Å². The average molecular weight is 255 g/mol. The molecule has 0 aromatic rings. The minimum absolute atomic E-state index is 0.00915. The van der Waals surface area contributed by atoms with Crippen LogP contribution < -0.4 is 5.32 Å². The van der Waals surface area contributed by atoms with Gasteiger partial charge in [0.25, 0.3) is 0 Å². The van der Waals surface area contributed by atoms with Crippen molar-refractivity contribution in [2.24, 2.45) is 5.92 Å². The van der Waals surface area contributed by atoms with Gasteiger partial charge in [-0.1, -0.05) is 12.2 Å². The van der Waals surface area contributed by atoms with Crippen molar-refractivity contribution in [3.8, 4) is 0 Å². The normalized spacial score (nSPS) is 25.9. The van der Waals surface area contributed by atoms with Gasteiger partial charge in [0.1, 0.15) is 0 Å². The third-order valence-corrected chi connectivity index (χ3v) is 3.48. The highest BCUT2D eigenvalue weighted by Crippen LogP contribution is 2.42. The van der Waals surface area contributed by atoms with Crippen LogP contribution in [-0.4, -0.2) is 38.0 Å². The lowest BCUT2D eigenvalue weighted by molar-refractivity contribution is -0.0706. The summed E-state index contributed by atoms with van der Waals surface area (Å²) >= 11 is 0. The van der Waals surface area contributed by atoms with Gasteiger partial charge in [0.05, 0.1) is 17.8 Å². The fraction of sp³-hybridized carbons (Fsp3) is 0.867. The van der Waals surface area contributed by atoms with Crippen LogP contribution in [0, 0.1) is 5.92 Å². The van der Waals surface area contributed by atoms with Crippen molar-refractivity contribution in [1.82, 2.24) is 5.32 Å². The van der Waals surface area contributed by atoms with E-state index in [9.17, 15) is 0 Å². The monoisotopic (exact) mass is 255 g/mol. The number of hydrogen-bond donors (Lipinski definition) is 1. The van der Waals surface area contributed by atoms with Crippen molar-refractivity contribution < 1.29 is 9.47 Å². The molecular weight excluding hydrogens is 226 g/mol. The summed E-state index contributed by atoms with van der Waals surface area (Å²) in [6.07, 6.45) is 6.77. The highest BCUT2D eigenvalue weighted by atomic mass is 16.5. The maximum absolute atomic E-state index is 6.08. The van der Waals surface area contributed by atoms with E-state index in [4.69, 9.17) is 9.47 Å². The average Bonchev–Trinajstić information content (AvgIpc) is 2.45. The molecule has 0 aromatic carbocycles. The van der Waals surface area contributed by atoms with Crippen molar-refractivity contribution in [3.05, 3.63) is 12.2 Å². The first-order valence-corrected chi connectivity index (χ1v) is 6.94. The van der Waals surface area contributed by atoms with Gasteiger partial charge >= 0.3 is 0 Å². The number of methoxy groups -OCH3 is 1. The molecule has 1 saturated heterocycles. The van der Waals surface area contributed by atoms with E-state index in [-0.39, 0.29) is 11.2 Å². The van der Waals surface area contributed by atoms with Crippen LogP contribution in [0.2, 0.25) is 0 Å². The molecule has 0 aromatic heterocycles. The quantitative estimate of drug-likeness (QED) is 0.560. The molecule has 0 radical (unpaired) electrons. The summed E-state index contributed by atoms with van der Waals surface area (Å²) in [4.78, 5) is 0. The maximum Gasteiger partial charge on any atom is 0.0697 e.